The van der Waals surface area contributed by atoms with Gasteiger partial charge in [0.15, 0.2) is 40.4 Å². The fourth-order valence-corrected chi connectivity index (χ4v) is 9.11. The molecule has 2 saturated heterocycles. The molecule has 0 aliphatic carbocycles. The fraction of sp³-hybridized carbons (Fsp3) is 0.730. The van der Waals surface area contributed by atoms with Crippen LogP contribution in [0.4, 0.5) is 0 Å². The second kappa shape index (κ2) is 16.0. The largest absolute Gasteiger partial charge is 0.408 e. The van der Waals surface area contributed by atoms with Gasteiger partial charge in [-0.1, -0.05) is 48.5 Å². The van der Waals surface area contributed by atoms with Crippen molar-refractivity contribution in [2.75, 3.05) is 20.8 Å². The van der Waals surface area contributed by atoms with Gasteiger partial charge < -0.3 is 32.9 Å². The minimum Gasteiger partial charge on any atom is -0.408 e. The van der Waals surface area contributed by atoms with E-state index in [2.05, 4.69) is 105 Å². The first kappa shape index (κ1) is 42.4. The highest BCUT2D eigenvalue weighted by atomic mass is 28.4. The lowest BCUT2D eigenvalue weighted by Crippen LogP contribution is -2.50. The molecule has 2 aliphatic heterocycles. The van der Waals surface area contributed by atoms with E-state index in [1.54, 1.807) is 33.2 Å². The Kier molecular flexibility index (Phi) is 12.6. The van der Waals surface area contributed by atoms with Crippen molar-refractivity contribution in [3.63, 3.8) is 0 Å². The summed E-state index contributed by atoms with van der Waals surface area (Å²) in [4.78, 5) is 26.1. The van der Waals surface area contributed by atoms with Gasteiger partial charge in [-0.2, -0.15) is 0 Å². The zero-order valence-electron chi connectivity index (χ0n) is 34.8. The van der Waals surface area contributed by atoms with Crippen molar-refractivity contribution < 1.29 is 32.9 Å². The second-order valence-corrected chi connectivity index (χ2v) is 26.9. The van der Waals surface area contributed by atoms with E-state index >= 15 is 0 Å². The Bertz CT molecular complexity index is 1740. The molecule has 8 atom stereocenters. The Balaban J connectivity index is 0.000000208. The maximum Gasteiger partial charge on any atom is 0.192 e. The minimum absolute atomic E-state index is 0.0329. The van der Waals surface area contributed by atoms with Crippen LogP contribution >= 0.6 is 0 Å². The van der Waals surface area contributed by atoms with E-state index in [-0.39, 0.29) is 53.4 Å². The Labute approximate surface area is 321 Å². The van der Waals surface area contributed by atoms with Gasteiger partial charge in [0.25, 0.3) is 0 Å². The van der Waals surface area contributed by atoms with Crippen LogP contribution in [0, 0.1) is 13.8 Å². The summed E-state index contributed by atoms with van der Waals surface area (Å²) in [7, 11) is -0.695. The molecule has 6 rings (SSSR count). The standard InChI is InChI=1S/C19H32N4O3Si.C18H30N4O4Si/c1-9-13-15(26-27(7,8)19(3,4)5)16(24-6)18(25-13)23-11-22-14-12(2)20-10-21-17(14)23;1-11-13-16(20-9-19-11)22(10-21-13)17-15(24-5)14(12(8-23)25-17)26-27(6,7)18(2,3)4/h10-11,13,15-16,18H,9H2,1-8H3;9-10,12,14-15,17,23H,8H2,1-7H3/t13-,15?,16+,18-;12-,14?,15+,17-/m11/s1. The van der Waals surface area contributed by atoms with Gasteiger partial charge in [0, 0.05) is 14.2 Å². The molecule has 4 aromatic rings. The summed E-state index contributed by atoms with van der Waals surface area (Å²) in [5.74, 6) is 0. The number of aliphatic hydroxyl groups excluding tert-OH is 1. The Morgan fingerprint density at radius 1 is 0.648 bits per heavy atom. The van der Waals surface area contributed by atoms with E-state index in [0.29, 0.717) is 5.65 Å². The molecule has 15 nitrogen and oxygen atoms in total. The SMILES string of the molecule is CC[C@H]1O[C@@H](n2cnc3c(C)ncnc32)[C@@H](OC)C1O[Si](C)(C)C(C)(C)C.CO[C@H]1C(O[Si](C)(C)C(C)(C)C)[C@@H](CO)O[C@H]1n1cnc2c(C)ncnc21. The lowest BCUT2D eigenvalue weighted by Gasteiger charge is -2.40. The normalized spacial score (nSPS) is 26.8. The summed E-state index contributed by atoms with van der Waals surface area (Å²) < 4.78 is 41.4. The van der Waals surface area contributed by atoms with Gasteiger partial charge >= 0.3 is 0 Å². The smallest absolute Gasteiger partial charge is 0.192 e. The van der Waals surface area contributed by atoms with Crippen molar-refractivity contribution in [1.82, 2.24) is 39.0 Å². The van der Waals surface area contributed by atoms with Gasteiger partial charge in [-0.15, -0.1) is 0 Å². The molecule has 54 heavy (non-hydrogen) atoms. The number of ether oxygens (including phenoxy) is 4. The van der Waals surface area contributed by atoms with Gasteiger partial charge in [-0.25, -0.2) is 29.9 Å². The van der Waals surface area contributed by atoms with Gasteiger partial charge in [0.1, 0.15) is 54.2 Å². The molecule has 1 N–H and O–H groups in total. The van der Waals surface area contributed by atoms with Crippen molar-refractivity contribution in [2.24, 2.45) is 0 Å². The predicted molar refractivity (Wildman–Crippen MR) is 211 cm³/mol. The minimum atomic E-state index is -2.08. The number of fused-ring (bicyclic) bond motifs is 2. The van der Waals surface area contributed by atoms with E-state index in [1.807, 2.05) is 23.0 Å². The van der Waals surface area contributed by atoms with Gasteiger partial charge in [0.2, 0.25) is 0 Å². The van der Waals surface area contributed by atoms with Crippen molar-refractivity contribution in [1.29, 1.82) is 0 Å². The maximum atomic E-state index is 9.93. The van der Waals surface area contributed by atoms with Gasteiger partial charge in [-0.05, 0) is 56.5 Å². The third kappa shape index (κ3) is 8.06. The fourth-order valence-electron chi connectivity index (χ4n) is 6.47. The predicted octanol–water partition coefficient (Wildman–Crippen LogP) is 6.28. The summed E-state index contributed by atoms with van der Waals surface area (Å²) in [5.41, 5.74) is 4.62. The van der Waals surface area contributed by atoms with E-state index in [0.717, 1.165) is 34.5 Å². The highest BCUT2D eigenvalue weighted by molar-refractivity contribution is 6.74. The molecular weight excluding hydrogens is 725 g/mol. The molecule has 0 saturated carbocycles. The first-order chi connectivity index (χ1) is 25.2. The molecule has 17 heteroatoms. The monoisotopic (exact) mass is 786 g/mol. The summed E-state index contributed by atoms with van der Waals surface area (Å²) >= 11 is 0. The molecular formula is C37H62N8O7Si2. The molecule has 0 bridgehead atoms. The van der Waals surface area contributed by atoms with E-state index in [4.69, 9.17) is 27.8 Å². The van der Waals surface area contributed by atoms with Crippen LogP contribution in [0.1, 0.15) is 78.7 Å². The number of methoxy groups -OCH3 is 2. The molecule has 0 radical (unpaired) electrons. The summed E-state index contributed by atoms with van der Waals surface area (Å²) in [6.07, 6.45) is 4.97. The van der Waals surface area contributed by atoms with Crippen LogP contribution in [-0.4, -0.2) is 118 Å². The van der Waals surface area contributed by atoms with Gasteiger partial charge in [-0.3, -0.25) is 9.13 Å². The lowest BCUT2D eigenvalue weighted by atomic mass is 10.1. The average Bonchev–Trinajstić information content (AvgIpc) is 3.87. The van der Waals surface area contributed by atoms with E-state index in [1.165, 1.54) is 6.33 Å². The quantitative estimate of drug-likeness (QED) is 0.179. The first-order valence-corrected chi connectivity index (χ1v) is 24.6. The number of rotatable bonds is 10. The van der Waals surface area contributed by atoms with Crippen LogP contribution in [0.5, 0.6) is 0 Å². The summed E-state index contributed by atoms with van der Waals surface area (Å²) in [6.45, 7) is 28.0. The summed E-state index contributed by atoms with van der Waals surface area (Å²) in [5, 5.41) is 10.1. The molecule has 6 heterocycles. The second-order valence-electron chi connectivity index (χ2n) is 17.4. The number of hydrogen-bond acceptors (Lipinski definition) is 13. The molecule has 2 fully saturated rings. The molecule has 300 valence electrons. The number of aryl methyl sites for hydroxylation is 2. The molecule has 0 spiro atoms. The number of aromatic nitrogens is 8. The van der Waals surface area contributed by atoms with Crippen LogP contribution in [0.3, 0.4) is 0 Å². The highest BCUT2D eigenvalue weighted by Crippen LogP contribution is 2.44. The molecule has 2 unspecified atom stereocenters. The van der Waals surface area contributed by atoms with E-state index in [9.17, 15) is 5.11 Å². The Hall–Kier alpha value is -2.75. The Morgan fingerprint density at radius 2 is 1.04 bits per heavy atom. The lowest BCUT2D eigenvalue weighted by molar-refractivity contribution is -0.0583. The van der Waals surface area contributed by atoms with Crippen molar-refractivity contribution >= 4 is 39.0 Å². The molecule has 4 aromatic heterocycles. The van der Waals surface area contributed by atoms with Crippen LogP contribution in [0.2, 0.25) is 36.3 Å². The zero-order valence-corrected chi connectivity index (χ0v) is 36.8. The van der Waals surface area contributed by atoms with Gasteiger partial charge in [0.05, 0.1) is 36.8 Å². The number of hydrogen-bond donors (Lipinski definition) is 1. The first-order valence-electron chi connectivity index (χ1n) is 18.8. The highest BCUT2D eigenvalue weighted by Gasteiger charge is 2.52. The average molecular weight is 787 g/mol. The number of nitrogens with zero attached hydrogens (tertiary/aromatic N) is 8. The molecule has 0 amide bonds. The van der Waals surface area contributed by atoms with Crippen molar-refractivity contribution in [3.8, 4) is 0 Å². The molecule has 0 aromatic carbocycles. The van der Waals surface area contributed by atoms with Crippen LogP contribution in [0.25, 0.3) is 22.3 Å². The number of imidazole rings is 2. The van der Waals surface area contributed by atoms with Crippen LogP contribution < -0.4 is 0 Å². The topological polar surface area (TPSA) is 163 Å². The molecule has 2 aliphatic rings. The maximum absolute atomic E-state index is 9.93. The number of aliphatic hydroxyl groups is 1. The third-order valence-electron chi connectivity index (χ3n) is 11.8. The van der Waals surface area contributed by atoms with Crippen molar-refractivity contribution in [3.05, 3.63) is 36.7 Å². The zero-order chi connectivity index (χ0) is 40.0. The van der Waals surface area contributed by atoms with Crippen LogP contribution in [0.15, 0.2) is 25.3 Å². The van der Waals surface area contributed by atoms with E-state index < -0.39 is 29.0 Å². The third-order valence-corrected chi connectivity index (χ3v) is 20.8. The summed E-state index contributed by atoms with van der Waals surface area (Å²) in [6, 6.07) is 0. The van der Waals surface area contributed by atoms with Crippen LogP contribution in [-0.2, 0) is 27.8 Å². The Morgan fingerprint density at radius 3 is 1.39 bits per heavy atom. The van der Waals surface area contributed by atoms with Crippen molar-refractivity contribution in [2.45, 2.75) is 154 Å².